The largest absolute Gasteiger partial charge is 0.416 e. The zero-order chi connectivity index (χ0) is 16.4. The van der Waals surface area contributed by atoms with Gasteiger partial charge in [0.05, 0.1) is 18.7 Å². The van der Waals surface area contributed by atoms with Crippen LogP contribution in [0.15, 0.2) is 24.3 Å². The van der Waals surface area contributed by atoms with E-state index < -0.39 is 11.7 Å². The predicted octanol–water partition coefficient (Wildman–Crippen LogP) is 3.80. The Morgan fingerprint density at radius 2 is 1.78 bits per heavy atom. The molecule has 0 bridgehead atoms. The molecule has 0 spiro atoms. The highest BCUT2D eigenvalue weighted by Gasteiger charge is 2.33. The number of benzene rings is 1. The standard InChI is InChI=1S/C17H20F3NO2/c18-17(19,20)14-7-5-12(6-8-14)15-11-21(9-10-23-15)16(22)13-3-1-2-4-13/h5-8,13,15H,1-4,9-11H2. The summed E-state index contributed by atoms with van der Waals surface area (Å²) in [4.78, 5) is 14.3. The van der Waals surface area contributed by atoms with Crippen molar-refractivity contribution >= 4 is 5.91 Å². The van der Waals surface area contributed by atoms with Crippen LogP contribution in [0, 0.1) is 5.92 Å². The normalized spacial score (nSPS) is 23.3. The lowest BCUT2D eigenvalue weighted by molar-refractivity contribution is -0.143. The van der Waals surface area contributed by atoms with Gasteiger partial charge in [0, 0.05) is 12.5 Å². The molecular formula is C17H20F3NO2. The summed E-state index contributed by atoms with van der Waals surface area (Å²) in [5.41, 5.74) is 0.0119. The predicted molar refractivity (Wildman–Crippen MR) is 78.7 cm³/mol. The van der Waals surface area contributed by atoms with Crippen LogP contribution in [0.1, 0.15) is 42.9 Å². The van der Waals surface area contributed by atoms with Crippen molar-refractivity contribution in [3.05, 3.63) is 35.4 Å². The number of halogens is 3. The Morgan fingerprint density at radius 3 is 2.39 bits per heavy atom. The van der Waals surface area contributed by atoms with Gasteiger partial charge in [-0.25, -0.2) is 0 Å². The van der Waals surface area contributed by atoms with E-state index in [0.29, 0.717) is 25.3 Å². The fourth-order valence-electron chi connectivity index (χ4n) is 3.37. The second-order valence-electron chi connectivity index (χ2n) is 6.24. The Balaban J connectivity index is 1.67. The molecule has 1 saturated carbocycles. The van der Waals surface area contributed by atoms with E-state index in [1.165, 1.54) is 12.1 Å². The van der Waals surface area contributed by atoms with Crippen LogP contribution in [-0.2, 0) is 15.7 Å². The van der Waals surface area contributed by atoms with Crippen molar-refractivity contribution in [3.8, 4) is 0 Å². The molecule has 0 aromatic heterocycles. The molecule has 3 rings (SSSR count). The Labute approximate surface area is 133 Å². The van der Waals surface area contributed by atoms with Crippen molar-refractivity contribution in [2.24, 2.45) is 5.92 Å². The van der Waals surface area contributed by atoms with E-state index in [9.17, 15) is 18.0 Å². The molecule has 1 aromatic carbocycles. The first-order chi connectivity index (χ1) is 10.9. The maximum Gasteiger partial charge on any atom is 0.416 e. The van der Waals surface area contributed by atoms with Crippen LogP contribution in [0.5, 0.6) is 0 Å². The first kappa shape index (κ1) is 16.3. The van der Waals surface area contributed by atoms with Crippen LogP contribution >= 0.6 is 0 Å². The molecule has 1 amide bonds. The molecular weight excluding hydrogens is 307 g/mol. The fourth-order valence-corrected chi connectivity index (χ4v) is 3.37. The number of amides is 1. The van der Waals surface area contributed by atoms with Gasteiger partial charge in [0.1, 0.15) is 6.10 Å². The van der Waals surface area contributed by atoms with Crippen molar-refractivity contribution in [1.82, 2.24) is 4.90 Å². The van der Waals surface area contributed by atoms with Crippen LogP contribution in [0.4, 0.5) is 13.2 Å². The van der Waals surface area contributed by atoms with Crippen LogP contribution < -0.4 is 0 Å². The number of carbonyl (C=O) groups excluding carboxylic acids is 1. The SMILES string of the molecule is O=C(C1CCCC1)N1CCOC(c2ccc(C(F)(F)F)cc2)C1. The lowest BCUT2D eigenvalue weighted by atomic mass is 10.0. The summed E-state index contributed by atoms with van der Waals surface area (Å²) in [6.07, 6.45) is -0.596. The number of hydrogen-bond acceptors (Lipinski definition) is 2. The highest BCUT2D eigenvalue weighted by atomic mass is 19.4. The van der Waals surface area contributed by atoms with Gasteiger partial charge in [-0.15, -0.1) is 0 Å². The van der Waals surface area contributed by atoms with E-state index in [4.69, 9.17) is 4.74 Å². The van der Waals surface area contributed by atoms with Gasteiger partial charge in [0.25, 0.3) is 0 Å². The van der Waals surface area contributed by atoms with Crippen molar-refractivity contribution < 1.29 is 22.7 Å². The zero-order valence-electron chi connectivity index (χ0n) is 12.8. The van der Waals surface area contributed by atoms with Gasteiger partial charge in [0.2, 0.25) is 5.91 Å². The number of ether oxygens (including phenoxy) is 1. The van der Waals surface area contributed by atoms with Gasteiger partial charge in [-0.05, 0) is 30.5 Å². The van der Waals surface area contributed by atoms with Crippen LogP contribution in [0.25, 0.3) is 0 Å². The van der Waals surface area contributed by atoms with Gasteiger partial charge in [-0.3, -0.25) is 4.79 Å². The average molecular weight is 327 g/mol. The summed E-state index contributed by atoms with van der Waals surface area (Å²) in [5.74, 6) is 0.282. The Bertz CT molecular complexity index is 550. The molecule has 23 heavy (non-hydrogen) atoms. The molecule has 1 unspecified atom stereocenters. The van der Waals surface area contributed by atoms with Gasteiger partial charge in [0.15, 0.2) is 0 Å². The first-order valence-corrected chi connectivity index (χ1v) is 8.02. The highest BCUT2D eigenvalue weighted by molar-refractivity contribution is 5.79. The minimum atomic E-state index is -4.34. The second kappa shape index (κ2) is 6.51. The van der Waals surface area contributed by atoms with Gasteiger partial charge < -0.3 is 9.64 Å². The number of nitrogens with zero attached hydrogens (tertiary/aromatic N) is 1. The topological polar surface area (TPSA) is 29.5 Å². The Hall–Kier alpha value is -1.56. The third kappa shape index (κ3) is 3.68. The third-order valence-electron chi connectivity index (χ3n) is 4.69. The summed E-state index contributed by atoms with van der Waals surface area (Å²) < 4.78 is 43.5. The van der Waals surface area contributed by atoms with Gasteiger partial charge >= 0.3 is 6.18 Å². The molecule has 6 heteroatoms. The molecule has 0 N–H and O–H groups in total. The van der Waals surface area contributed by atoms with Crippen molar-refractivity contribution in [2.75, 3.05) is 19.7 Å². The van der Waals surface area contributed by atoms with Gasteiger partial charge in [-0.1, -0.05) is 25.0 Å². The molecule has 126 valence electrons. The van der Waals surface area contributed by atoms with Gasteiger partial charge in [-0.2, -0.15) is 13.2 Å². The van der Waals surface area contributed by atoms with E-state index in [2.05, 4.69) is 0 Å². The average Bonchev–Trinajstić information content (AvgIpc) is 3.08. The zero-order valence-corrected chi connectivity index (χ0v) is 12.8. The molecule has 1 aromatic rings. The molecule has 1 aliphatic heterocycles. The number of rotatable bonds is 2. The van der Waals surface area contributed by atoms with E-state index in [1.54, 1.807) is 0 Å². The summed E-state index contributed by atoms with van der Waals surface area (Å²) >= 11 is 0. The van der Waals surface area contributed by atoms with E-state index in [0.717, 1.165) is 37.8 Å². The molecule has 2 aliphatic rings. The third-order valence-corrected chi connectivity index (χ3v) is 4.69. The van der Waals surface area contributed by atoms with Crippen LogP contribution in [-0.4, -0.2) is 30.5 Å². The smallest absolute Gasteiger partial charge is 0.370 e. The Kier molecular flexibility index (Phi) is 4.62. The first-order valence-electron chi connectivity index (χ1n) is 8.02. The minimum absolute atomic E-state index is 0.112. The van der Waals surface area contributed by atoms with E-state index >= 15 is 0 Å². The molecule has 1 aliphatic carbocycles. The van der Waals surface area contributed by atoms with Crippen molar-refractivity contribution in [2.45, 2.75) is 38.0 Å². The van der Waals surface area contributed by atoms with Crippen molar-refractivity contribution in [1.29, 1.82) is 0 Å². The second-order valence-corrected chi connectivity index (χ2v) is 6.24. The molecule has 1 atom stereocenters. The number of hydrogen-bond donors (Lipinski definition) is 0. The lowest BCUT2D eigenvalue weighted by Crippen LogP contribution is -2.44. The van der Waals surface area contributed by atoms with E-state index in [1.807, 2.05) is 4.90 Å². The fraction of sp³-hybridized carbons (Fsp3) is 0.588. The summed E-state index contributed by atoms with van der Waals surface area (Å²) in [6, 6.07) is 5.01. The summed E-state index contributed by atoms with van der Waals surface area (Å²) in [5, 5.41) is 0. The molecule has 1 heterocycles. The minimum Gasteiger partial charge on any atom is -0.370 e. The number of alkyl halides is 3. The summed E-state index contributed by atoms with van der Waals surface area (Å²) in [7, 11) is 0. The molecule has 1 saturated heterocycles. The lowest BCUT2D eigenvalue weighted by Gasteiger charge is -2.34. The Morgan fingerprint density at radius 1 is 1.13 bits per heavy atom. The number of morpholine rings is 1. The molecule has 2 fully saturated rings. The van der Waals surface area contributed by atoms with Crippen LogP contribution in [0.2, 0.25) is 0 Å². The maximum atomic E-state index is 12.6. The maximum absolute atomic E-state index is 12.6. The molecule has 0 radical (unpaired) electrons. The monoisotopic (exact) mass is 327 g/mol. The van der Waals surface area contributed by atoms with Crippen molar-refractivity contribution in [3.63, 3.8) is 0 Å². The summed E-state index contributed by atoms with van der Waals surface area (Å²) in [6.45, 7) is 1.40. The quantitative estimate of drug-likeness (QED) is 0.827. The highest BCUT2D eigenvalue weighted by Crippen LogP contribution is 2.32. The van der Waals surface area contributed by atoms with E-state index in [-0.39, 0.29) is 17.9 Å². The van der Waals surface area contributed by atoms with Crippen LogP contribution in [0.3, 0.4) is 0 Å². The number of carbonyl (C=O) groups is 1. The molecule has 3 nitrogen and oxygen atoms in total.